The molecule has 1 aromatic heterocycles. The molecule has 2 N–H and O–H groups in total. The minimum atomic E-state index is 0. The summed E-state index contributed by atoms with van der Waals surface area (Å²) in [4.78, 5) is 16.8. The maximum atomic E-state index is 4.53. The fourth-order valence-electron chi connectivity index (χ4n) is 3.59. The van der Waals surface area contributed by atoms with Gasteiger partial charge in [-0.25, -0.2) is 4.98 Å². The number of halogens is 1. The minimum Gasteiger partial charge on any atom is -0.364 e. The second-order valence-corrected chi connectivity index (χ2v) is 7.41. The third-order valence-electron chi connectivity index (χ3n) is 5.24. The summed E-state index contributed by atoms with van der Waals surface area (Å²) in [7, 11) is 3.82. The maximum Gasteiger partial charge on any atom is 0.194 e. The van der Waals surface area contributed by atoms with Gasteiger partial charge in [-0.05, 0) is 23.3 Å². The largest absolute Gasteiger partial charge is 0.364 e. The topological polar surface area (TPSA) is 59.6 Å². The third kappa shape index (κ3) is 5.88. The standard InChI is InChI=1S/C24H28N6.HI/c1-25-24(27-16-19-10-12-21(13-11-19)30-14-6-7-15-30)29(2)18-23-26-17-22(28-23)20-8-4-3-5-9-20;/h3-13,17H,14-16,18H2,1-2H3,(H,25,27)(H,26,28);1H. The van der Waals surface area contributed by atoms with Crippen LogP contribution in [0.1, 0.15) is 11.4 Å². The predicted octanol–water partition coefficient (Wildman–Crippen LogP) is 4.28. The van der Waals surface area contributed by atoms with Gasteiger partial charge in [0, 0.05) is 39.4 Å². The van der Waals surface area contributed by atoms with Gasteiger partial charge in [-0.15, -0.1) is 24.0 Å². The zero-order chi connectivity index (χ0) is 20.8. The molecule has 1 aliphatic rings. The molecule has 0 spiro atoms. The van der Waals surface area contributed by atoms with Gasteiger partial charge >= 0.3 is 0 Å². The molecule has 0 atom stereocenters. The highest BCUT2D eigenvalue weighted by Crippen LogP contribution is 2.18. The number of rotatable bonds is 6. The molecule has 0 radical (unpaired) electrons. The average Bonchev–Trinajstić information content (AvgIpc) is 3.48. The van der Waals surface area contributed by atoms with E-state index in [1.165, 1.54) is 11.3 Å². The van der Waals surface area contributed by atoms with Gasteiger partial charge in [-0.1, -0.05) is 54.6 Å². The van der Waals surface area contributed by atoms with Crippen LogP contribution in [0.2, 0.25) is 0 Å². The predicted molar refractivity (Wildman–Crippen MR) is 139 cm³/mol. The van der Waals surface area contributed by atoms with Crippen LogP contribution in [0.4, 0.5) is 5.69 Å². The van der Waals surface area contributed by atoms with E-state index in [1.54, 1.807) is 7.05 Å². The fraction of sp³-hybridized carbons (Fsp3) is 0.250. The lowest BCUT2D eigenvalue weighted by Gasteiger charge is -2.21. The van der Waals surface area contributed by atoms with E-state index < -0.39 is 0 Å². The first-order valence-electron chi connectivity index (χ1n) is 10.2. The van der Waals surface area contributed by atoms with Crippen LogP contribution >= 0.6 is 24.0 Å². The van der Waals surface area contributed by atoms with Crippen LogP contribution in [0, 0.1) is 0 Å². The molecule has 0 aliphatic carbocycles. The van der Waals surface area contributed by atoms with E-state index in [9.17, 15) is 0 Å². The summed E-state index contributed by atoms with van der Waals surface area (Å²) in [5.41, 5.74) is 4.65. The molecule has 0 fully saturated rings. The van der Waals surface area contributed by atoms with Crippen molar-refractivity contribution in [1.29, 1.82) is 0 Å². The van der Waals surface area contributed by atoms with Crippen LogP contribution in [0.5, 0.6) is 0 Å². The zero-order valence-electron chi connectivity index (χ0n) is 18.0. The molecular formula is C24H29IN6. The first kappa shape index (κ1) is 22.9. The molecule has 0 saturated carbocycles. The number of nitrogens with one attached hydrogen (secondary N) is 2. The summed E-state index contributed by atoms with van der Waals surface area (Å²) >= 11 is 0. The first-order valence-corrected chi connectivity index (χ1v) is 10.2. The van der Waals surface area contributed by atoms with Gasteiger partial charge in [-0.3, -0.25) is 4.99 Å². The Bertz CT molecular complexity index is 1000. The third-order valence-corrected chi connectivity index (χ3v) is 5.24. The van der Waals surface area contributed by atoms with E-state index in [4.69, 9.17) is 0 Å². The van der Waals surface area contributed by atoms with Crippen molar-refractivity contribution in [3.8, 4) is 11.3 Å². The Hall–Kier alpha value is -2.81. The van der Waals surface area contributed by atoms with Gasteiger partial charge in [-0.2, -0.15) is 0 Å². The van der Waals surface area contributed by atoms with Gasteiger partial charge < -0.3 is 20.1 Å². The summed E-state index contributed by atoms with van der Waals surface area (Å²) in [6, 6.07) is 18.9. The highest BCUT2D eigenvalue weighted by Gasteiger charge is 2.11. The van der Waals surface area contributed by atoms with Gasteiger partial charge in [0.1, 0.15) is 5.82 Å². The number of benzene rings is 2. The lowest BCUT2D eigenvalue weighted by atomic mass is 10.2. The number of H-pyrrole nitrogens is 1. The number of guanidine groups is 1. The SMILES string of the molecule is CN=C(NCc1ccc(N2CC=CC2)cc1)N(C)Cc1ncc(-c2ccccc2)[nH]1.I. The van der Waals surface area contributed by atoms with Crippen molar-refractivity contribution in [2.45, 2.75) is 13.1 Å². The molecule has 0 saturated heterocycles. The van der Waals surface area contributed by atoms with Crippen molar-refractivity contribution >= 4 is 35.6 Å². The van der Waals surface area contributed by atoms with E-state index >= 15 is 0 Å². The van der Waals surface area contributed by atoms with Crippen LogP contribution < -0.4 is 10.2 Å². The summed E-state index contributed by atoms with van der Waals surface area (Å²) in [6.45, 7) is 3.36. The van der Waals surface area contributed by atoms with E-state index in [0.29, 0.717) is 6.54 Å². The number of imidazole rings is 1. The van der Waals surface area contributed by atoms with E-state index in [1.807, 2.05) is 31.4 Å². The molecule has 3 aromatic rings. The molecule has 0 bridgehead atoms. The number of aliphatic imine (C=N–C) groups is 1. The Balaban J connectivity index is 0.00000272. The summed E-state index contributed by atoms with van der Waals surface area (Å²) in [6.07, 6.45) is 6.29. The summed E-state index contributed by atoms with van der Waals surface area (Å²) in [5, 5.41) is 3.44. The molecule has 4 rings (SSSR count). The van der Waals surface area contributed by atoms with E-state index in [-0.39, 0.29) is 24.0 Å². The molecule has 0 amide bonds. The number of hydrogen-bond acceptors (Lipinski definition) is 3. The molecule has 7 heteroatoms. The second kappa shape index (κ2) is 11.0. The maximum absolute atomic E-state index is 4.53. The normalized spacial score (nSPS) is 13.2. The Morgan fingerprint density at radius 3 is 2.48 bits per heavy atom. The summed E-state index contributed by atoms with van der Waals surface area (Å²) in [5.74, 6) is 1.74. The molecular weight excluding hydrogens is 499 g/mol. The minimum absolute atomic E-state index is 0. The number of aromatic amines is 1. The highest BCUT2D eigenvalue weighted by molar-refractivity contribution is 14.0. The quantitative estimate of drug-likeness (QED) is 0.217. The van der Waals surface area contributed by atoms with Crippen molar-refractivity contribution in [3.63, 3.8) is 0 Å². The van der Waals surface area contributed by atoms with Gasteiger partial charge in [0.15, 0.2) is 5.96 Å². The van der Waals surface area contributed by atoms with Crippen LogP contribution in [-0.2, 0) is 13.1 Å². The molecule has 2 heterocycles. The van der Waals surface area contributed by atoms with Crippen molar-refractivity contribution in [3.05, 3.63) is 84.3 Å². The van der Waals surface area contributed by atoms with Gasteiger partial charge in [0.2, 0.25) is 0 Å². The van der Waals surface area contributed by atoms with Crippen molar-refractivity contribution in [1.82, 2.24) is 20.2 Å². The average molecular weight is 528 g/mol. The monoisotopic (exact) mass is 528 g/mol. The zero-order valence-corrected chi connectivity index (χ0v) is 20.3. The van der Waals surface area contributed by atoms with E-state index in [2.05, 4.69) is 78.6 Å². The first-order chi connectivity index (χ1) is 14.7. The molecule has 162 valence electrons. The number of anilines is 1. The lowest BCUT2D eigenvalue weighted by molar-refractivity contribution is 0.464. The Morgan fingerprint density at radius 1 is 1.10 bits per heavy atom. The van der Waals surface area contributed by atoms with E-state index in [0.717, 1.165) is 42.7 Å². The van der Waals surface area contributed by atoms with Crippen molar-refractivity contribution in [2.24, 2.45) is 4.99 Å². The fourth-order valence-corrected chi connectivity index (χ4v) is 3.59. The Labute approximate surface area is 201 Å². The molecule has 2 aromatic carbocycles. The van der Waals surface area contributed by atoms with Crippen LogP contribution in [-0.4, -0.2) is 48.0 Å². The van der Waals surface area contributed by atoms with Crippen molar-refractivity contribution in [2.75, 3.05) is 32.1 Å². The van der Waals surface area contributed by atoms with Gasteiger partial charge in [0.05, 0.1) is 18.4 Å². The Morgan fingerprint density at radius 2 is 1.81 bits per heavy atom. The summed E-state index contributed by atoms with van der Waals surface area (Å²) < 4.78 is 0. The molecule has 6 nitrogen and oxygen atoms in total. The van der Waals surface area contributed by atoms with Crippen LogP contribution in [0.25, 0.3) is 11.3 Å². The smallest absolute Gasteiger partial charge is 0.194 e. The second-order valence-electron chi connectivity index (χ2n) is 7.41. The lowest BCUT2D eigenvalue weighted by Crippen LogP contribution is -2.38. The number of aromatic nitrogens is 2. The van der Waals surface area contributed by atoms with Gasteiger partial charge in [0.25, 0.3) is 0 Å². The number of nitrogens with zero attached hydrogens (tertiary/aromatic N) is 4. The molecule has 1 aliphatic heterocycles. The highest BCUT2D eigenvalue weighted by atomic mass is 127. The van der Waals surface area contributed by atoms with Crippen molar-refractivity contribution < 1.29 is 0 Å². The molecule has 31 heavy (non-hydrogen) atoms. The van der Waals surface area contributed by atoms with Crippen LogP contribution in [0.15, 0.2) is 77.9 Å². The Kier molecular flexibility index (Phi) is 8.11. The number of hydrogen-bond donors (Lipinski definition) is 2. The molecule has 0 unspecified atom stereocenters. The van der Waals surface area contributed by atoms with Crippen LogP contribution in [0.3, 0.4) is 0 Å².